The number of carbonyl (C=O) groups is 1. The number of hydrogen-bond acceptors (Lipinski definition) is 4. The van der Waals surface area contributed by atoms with Gasteiger partial charge in [-0.3, -0.25) is 9.78 Å². The zero-order valence-corrected chi connectivity index (χ0v) is 12.1. The molecule has 110 valence electrons. The molecule has 0 aliphatic heterocycles. The normalized spacial score (nSPS) is 11.1. The van der Waals surface area contributed by atoms with Crippen molar-refractivity contribution in [2.75, 3.05) is 0 Å². The first kappa shape index (κ1) is 14.0. The predicted octanol–water partition coefficient (Wildman–Crippen LogP) is 3.15. The molecule has 5 nitrogen and oxygen atoms in total. The van der Waals surface area contributed by atoms with Crippen molar-refractivity contribution >= 4 is 23.1 Å². The minimum atomic E-state index is -0.274. The number of para-hydroxylation sites is 1. The highest BCUT2D eigenvalue weighted by molar-refractivity contribution is 6.00. The molecular weight excluding hydrogens is 278 g/mol. The number of fused-ring (bicyclic) bond motifs is 1. The predicted molar refractivity (Wildman–Crippen MR) is 84.9 cm³/mol. The Morgan fingerprint density at radius 1 is 1.27 bits per heavy atom. The van der Waals surface area contributed by atoms with Crippen molar-refractivity contribution in [2.45, 2.75) is 13.3 Å². The highest BCUT2D eigenvalue weighted by Crippen LogP contribution is 2.24. The molecule has 0 bridgehead atoms. The monoisotopic (exact) mass is 293 g/mol. The number of furan rings is 1. The van der Waals surface area contributed by atoms with Gasteiger partial charge in [-0.15, -0.1) is 0 Å². The van der Waals surface area contributed by atoms with Crippen molar-refractivity contribution < 1.29 is 9.21 Å². The lowest BCUT2D eigenvalue weighted by atomic mass is 10.1. The Morgan fingerprint density at radius 3 is 2.82 bits per heavy atom. The molecule has 0 atom stereocenters. The molecule has 3 rings (SSSR count). The van der Waals surface area contributed by atoms with Crippen LogP contribution in [0, 0.1) is 0 Å². The first-order valence-corrected chi connectivity index (χ1v) is 7.03. The van der Waals surface area contributed by atoms with Gasteiger partial charge in [-0.25, -0.2) is 5.43 Å². The molecule has 1 N–H and O–H groups in total. The van der Waals surface area contributed by atoms with E-state index in [1.807, 2.05) is 31.2 Å². The van der Waals surface area contributed by atoms with Crippen LogP contribution in [0.25, 0.3) is 11.0 Å². The molecule has 1 amide bonds. The standard InChI is InChI=1S/C17H15N3O2/c1-2-15-14(13-5-3-4-6-16(13)22-15)11-19-20-17(21)12-7-9-18-10-8-12/h3-11H,2H2,1H3,(H,20,21)/b19-11-. The fourth-order valence-electron chi connectivity index (χ4n) is 2.24. The highest BCUT2D eigenvalue weighted by Gasteiger charge is 2.10. The molecule has 1 aromatic carbocycles. The van der Waals surface area contributed by atoms with E-state index < -0.39 is 0 Å². The number of nitrogens with zero attached hydrogens (tertiary/aromatic N) is 2. The molecule has 0 aliphatic carbocycles. The van der Waals surface area contributed by atoms with Crippen LogP contribution >= 0.6 is 0 Å². The minimum absolute atomic E-state index is 0.274. The minimum Gasteiger partial charge on any atom is -0.460 e. The van der Waals surface area contributed by atoms with E-state index >= 15 is 0 Å². The summed E-state index contributed by atoms with van der Waals surface area (Å²) in [7, 11) is 0. The Morgan fingerprint density at radius 2 is 2.05 bits per heavy atom. The van der Waals surface area contributed by atoms with Crippen molar-refractivity contribution in [1.82, 2.24) is 10.4 Å². The van der Waals surface area contributed by atoms with Crippen LogP contribution in [-0.2, 0) is 6.42 Å². The molecule has 0 spiro atoms. The number of nitrogens with one attached hydrogen (secondary N) is 1. The maximum absolute atomic E-state index is 11.9. The van der Waals surface area contributed by atoms with E-state index in [0.29, 0.717) is 5.56 Å². The second-order valence-corrected chi connectivity index (χ2v) is 4.72. The molecule has 2 aromatic heterocycles. The Bertz CT molecular complexity index is 822. The van der Waals surface area contributed by atoms with Crippen molar-refractivity contribution in [3.8, 4) is 0 Å². The van der Waals surface area contributed by atoms with E-state index in [9.17, 15) is 4.79 Å². The summed E-state index contributed by atoms with van der Waals surface area (Å²) in [6.45, 7) is 2.02. The van der Waals surface area contributed by atoms with E-state index in [-0.39, 0.29) is 5.91 Å². The number of hydrogen-bond donors (Lipinski definition) is 1. The lowest BCUT2D eigenvalue weighted by molar-refractivity contribution is 0.0955. The number of rotatable bonds is 4. The van der Waals surface area contributed by atoms with Crippen molar-refractivity contribution in [3.05, 3.63) is 65.7 Å². The average molecular weight is 293 g/mol. The summed E-state index contributed by atoms with van der Waals surface area (Å²) >= 11 is 0. The topological polar surface area (TPSA) is 67.5 Å². The number of amides is 1. The van der Waals surface area contributed by atoms with Gasteiger partial charge in [0.15, 0.2) is 0 Å². The molecule has 0 fully saturated rings. The molecule has 5 heteroatoms. The van der Waals surface area contributed by atoms with Gasteiger partial charge in [0, 0.05) is 35.3 Å². The molecule has 0 radical (unpaired) electrons. The van der Waals surface area contributed by atoms with Gasteiger partial charge in [0.05, 0.1) is 6.21 Å². The summed E-state index contributed by atoms with van der Waals surface area (Å²) in [5, 5.41) is 5.03. The van der Waals surface area contributed by atoms with Gasteiger partial charge in [0.1, 0.15) is 11.3 Å². The van der Waals surface area contributed by atoms with Crippen LogP contribution in [0.15, 0.2) is 58.3 Å². The van der Waals surface area contributed by atoms with Crippen molar-refractivity contribution in [2.24, 2.45) is 5.10 Å². The summed E-state index contributed by atoms with van der Waals surface area (Å²) in [6, 6.07) is 11.0. The first-order chi connectivity index (χ1) is 10.8. The van der Waals surface area contributed by atoms with Crippen molar-refractivity contribution in [3.63, 3.8) is 0 Å². The third kappa shape index (κ3) is 2.74. The summed E-state index contributed by atoms with van der Waals surface area (Å²) < 4.78 is 5.78. The summed E-state index contributed by atoms with van der Waals surface area (Å²) in [5.41, 5.74) is 4.75. The Balaban J connectivity index is 1.82. The molecule has 22 heavy (non-hydrogen) atoms. The van der Waals surface area contributed by atoms with Gasteiger partial charge in [-0.05, 0) is 18.2 Å². The van der Waals surface area contributed by atoms with Crippen LogP contribution in [0.1, 0.15) is 28.6 Å². The lowest BCUT2D eigenvalue weighted by Gasteiger charge is -1.98. The summed E-state index contributed by atoms with van der Waals surface area (Å²) in [5.74, 6) is 0.576. The summed E-state index contributed by atoms with van der Waals surface area (Å²) in [6.07, 6.45) is 5.52. The fourth-order valence-corrected chi connectivity index (χ4v) is 2.24. The van der Waals surface area contributed by atoms with Crippen LogP contribution in [0.3, 0.4) is 0 Å². The van der Waals surface area contributed by atoms with Gasteiger partial charge >= 0.3 is 0 Å². The van der Waals surface area contributed by atoms with Gasteiger partial charge < -0.3 is 4.42 Å². The molecule has 0 saturated heterocycles. The maximum Gasteiger partial charge on any atom is 0.271 e. The Kier molecular flexibility index (Phi) is 3.96. The quantitative estimate of drug-likeness (QED) is 0.593. The molecular formula is C17H15N3O2. The average Bonchev–Trinajstić information content (AvgIpc) is 2.93. The fraction of sp³-hybridized carbons (Fsp3) is 0.118. The van der Waals surface area contributed by atoms with E-state index in [1.165, 1.54) is 0 Å². The number of aryl methyl sites for hydroxylation is 1. The Hall–Kier alpha value is -2.95. The Labute approximate surface area is 127 Å². The molecule has 0 saturated carbocycles. The van der Waals surface area contributed by atoms with Crippen LogP contribution in [-0.4, -0.2) is 17.1 Å². The number of pyridine rings is 1. The van der Waals surface area contributed by atoms with Crippen LogP contribution < -0.4 is 5.43 Å². The second-order valence-electron chi connectivity index (χ2n) is 4.72. The van der Waals surface area contributed by atoms with Gasteiger partial charge in [0.2, 0.25) is 0 Å². The smallest absolute Gasteiger partial charge is 0.271 e. The zero-order valence-electron chi connectivity index (χ0n) is 12.1. The van der Waals surface area contributed by atoms with Gasteiger partial charge in [-0.2, -0.15) is 5.10 Å². The van der Waals surface area contributed by atoms with Gasteiger partial charge in [0.25, 0.3) is 5.91 Å². The van der Waals surface area contributed by atoms with Crippen molar-refractivity contribution in [1.29, 1.82) is 0 Å². The molecule has 0 aliphatic rings. The number of hydrazone groups is 1. The molecule has 2 heterocycles. The lowest BCUT2D eigenvalue weighted by Crippen LogP contribution is -2.17. The molecule has 3 aromatic rings. The van der Waals surface area contributed by atoms with E-state index in [0.717, 1.165) is 28.7 Å². The number of aromatic nitrogens is 1. The van der Waals surface area contributed by atoms with Crippen LogP contribution in [0.5, 0.6) is 0 Å². The molecule has 0 unspecified atom stereocenters. The van der Waals surface area contributed by atoms with Crippen LogP contribution in [0.2, 0.25) is 0 Å². The number of carbonyl (C=O) groups excluding carboxylic acids is 1. The van der Waals surface area contributed by atoms with E-state index in [4.69, 9.17) is 4.42 Å². The second kappa shape index (κ2) is 6.22. The zero-order chi connectivity index (χ0) is 15.4. The third-order valence-corrected chi connectivity index (χ3v) is 3.33. The largest absolute Gasteiger partial charge is 0.460 e. The number of benzene rings is 1. The van der Waals surface area contributed by atoms with Gasteiger partial charge in [-0.1, -0.05) is 25.1 Å². The third-order valence-electron chi connectivity index (χ3n) is 3.33. The van der Waals surface area contributed by atoms with E-state index in [2.05, 4.69) is 15.5 Å². The van der Waals surface area contributed by atoms with Crippen LogP contribution in [0.4, 0.5) is 0 Å². The van der Waals surface area contributed by atoms with E-state index in [1.54, 1.807) is 30.7 Å². The SMILES string of the molecule is CCc1oc2ccccc2c1/C=N\NC(=O)c1ccncc1. The summed E-state index contributed by atoms with van der Waals surface area (Å²) in [4.78, 5) is 15.8. The maximum atomic E-state index is 11.9. The first-order valence-electron chi connectivity index (χ1n) is 7.03. The highest BCUT2D eigenvalue weighted by atomic mass is 16.3.